The summed E-state index contributed by atoms with van der Waals surface area (Å²) in [5.74, 6) is -0.0701. The number of carboxylic acids is 1. The molecule has 1 amide bonds. The van der Waals surface area contributed by atoms with Crippen molar-refractivity contribution in [3.8, 4) is 0 Å². The normalized spacial score (nSPS) is 12.2. The second kappa shape index (κ2) is 9.23. The molecule has 0 fully saturated rings. The summed E-state index contributed by atoms with van der Waals surface area (Å²) in [7, 11) is 0. The monoisotopic (exact) mass is 305 g/mol. The van der Waals surface area contributed by atoms with E-state index >= 15 is 0 Å². The van der Waals surface area contributed by atoms with Gasteiger partial charge in [-0.15, -0.1) is 0 Å². The minimum Gasteiger partial charge on any atom is -0.481 e. The van der Waals surface area contributed by atoms with Crippen molar-refractivity contribution in [3.63, 3.8) is 0 Å². The van der Waals surface area contributed by atoms with Crippen LogP contribution in [-0.2, 0) is 9.59 Å². The molecule has 0 heterocycles. The topological polar surface area (TPSA) is 66.4 Å². The molecule has 0 saturated heterocycles. The Morgan fingerprint density at radius 2 is 1.64 bits per heavy atom. The highest BCUT2D eigenvalue weighted by Crippen LogP contribution is 2.22. The minimum atomic E-state index is -0.787. The maximum Gasteiger partial charge on any atom is 0.303 e. The zero-order valence-electron chi connectivity index (χ0n) is 13.8. The molecule has 0 aliphatic carbocycles. The molecule has 4 nitrogen and oxygen atoms in total. The predicted octanol–water partition coefficient (Wildman–Crippen LogP) is 3.67. The van der Waals surface area contributed by atoms with Gasteiger partial charge in [0, 0.05) is 19.4 Å². The molecule has 122 valence electrons. The van der Waals surface area contributed by atoms with Crippen molar-refractivity contribution in [2.75, 3.05) is 6.54 Å². The van der Waals surface area contributed by atoms with Gasteiger partial charge < -0.3 is 10.4 Å². The summed E-state index contributed by atoms with van der Waals surface area (Å²) in [5.41, 5.74) is 2.48. The fourth-order valence-electron chi connectivity index (χ4n) is 2.31. The maximum atomic E-state index is 11.9. The van der Waals surface area contributed by atoms with Crippen LogP contribution < -0.4 is 5.32 Å². The van der Waals surface area contributed by atoms with E-state index in [-0.39, 0.29) is 18.2 Å². The lowest BCUT2D eigenvalue weighted by Crippen LogP contribution is -2.25. The molecular formula is C18H27NO3. The highest BCUT2D eigenvalue weighted by Gasteiger charge is 2.11. The highest BCUT2D eigenvalue weighted by atomic mass is 16.4. The van der Waals surface area contributed by atoms with Crippen LogP contribution in [0.3, 0.4) is 0 Å². The molecule has 0 spiro atoms. The molecule has 0 bridgehead atoms. The van der Waals surface area contributed by atoms with Gasteiger partial charge in [-0.05, 0) is 35.8 Å². The number of rotatable bonds is 9. The standard InChI is InChI=1S/C18H27NO3/c1-13(2)15-7-9-16(10-8-15)14(3)12-17(20)19-11-5-4-6-18(21)22/h7-10,13-14H,4-6,11-12H2,1-3H3,(H,19,20)(H,21,22). The van der Waals surface area contributed by atoms with Gasteiger partial charge in [0.15, 0.2) is 0 Å². The predicted molar refractivity (Wildman–Crippen MR) is 88.1 cm³/mol. The first kappa shape index (κ1) is 18.2. The number of nitrogens with one attached hydrogen (secondary N) is 1. The summed E-state index contributed by atoms with van der Waals surface area (Å²) >= 11 is 0. The number of hydrogen-bond donors (Lipinski definition) is 2. The molecule has 2 N–H and O–H groups in total. The van der Waals surface area contributed by atoms with Gasteiger partial charge >= 0.3 is 5.97 Å². The first-order chi connectivity index (χ1) is 10.4. The Bertz CT molecular complexity index is 480. The zero-order chi connectivity index (χ0) is 16.5. The van der Waals surface area contributed by atoms with E-state index in [9.17, 15) is 9.59 Å². The van der Waals surface area contributed by atoms with E-state index < -0.39 is 5.97 Å². The van der Waals surface area contributed by atoms with Crippen LogP contribution in [0.1, 0.15) is 69.4 Å². The highest BCUT2D eigenvalue weighted by molar-refractivity contribution is 5.76. The molecule has 1 unspecified atom stereocenters. The maximum absolute atomic E-state index is 11.9. The van der Waals surface area contributed by atoms with Gasteiger partial charge in [-0.3, -0.25) is 9.59 Å². The summed E-state index contributed by atoms with van der Waals surface area (Å²) in [6.45, 7) is 6.92. The molecular weight excluding hydrogens is 278 g/mol. The van der Waals surface area contributed by atoms with Crippen molar-refractivity contribution >= 4 is 11.9 Å². The summed E-state index contributed by atoms with van der Waals surface area (Å²) in [4.78, 5) is 22.2. The second-order valence-corrected chi connectivity index (χ2v) is 6.13. The van der Waals surface area contributed by atoms with E-state index in [1.54, 1.807) is 0 Å². The molecule has 1 rings (SSSR count). The molecule has 0 aromatic heterocycles. The molecule has 0 radical (unpaired) electrons. The van der Waals surface area contributed by atoms with Gasteiger partial charge in [-0.1, -0.05) is 45.0 Å². The number of amides is 1. The molecule has 1 aromatic rings. The number of carbonyl (C=O) groups is 2. The van der Waals surface area contributed by atoms with E-state index in [2.05, 4.69) is 43.4 Å². The zero-order valence-corrected chi connectivity index (χ0v) is 13.8. The fraction of sp³-hybridized carbons (Fsp3) is 0.556. The molecule has 1 aromatic carbocycles. The van der Waals surface area contributed by atoms with Crippen molar-refractivity contribution in [2.24, 2.45) is 0 Å². The van der Waals surface area contributed by atoms with E-state index in [1.807, 2.05) is 6.92 Å². The number of aliphatic carboxylic acids is 1. The largest absolute Gasteiger partial charge is 0.481 e. The van der Waals surface area contributed by atoms with E-state index in [0.29, 0.717) is 31.7 Å². The third-order valence-corrected chi connectivity index (χ3v) is 3.80. The number of carbonyl (C=O) groups excluding carboxylic acids is 1. The molecule has 0 aliphatic rings. The van der Waals surface area contributed by atoms with E-state index in [0.717, 1.165) is 0 Å². The third-order valence-electron chi connectivity index (χ3n) is 3.80. The lowest BCUT2D eigenvalue weighted by atomic mass is 9.94. The molecule has 0 aliphatic heterocycles. The smallest absolute Gasteiger partial charge is 0.303 e. The van der Waals surface area contributed by atoms with Crippen LogP contribution in [0.5, 0.6) is 0 Å². The minimum absolute atomic E-state index is 0.0239. The van der Waals surface area contributed by atoms with Crippen LogP contribution in [-0.4, -0.2) is 23.5 Å². The first-order valence-electron chi connectivity index (χ1n) is 7.98. The molecule has 0 saturated carbocycles. The number of unbranched alkanes of at least 4 members (excludes halogenated alkanes) is 1. The van der Waals surface area contributed by atoms with Gasteiger partial charge in [0.05, 0.1) is 0 Å². The molecule has 4 heteroatoms. The van der Waals surface area contributed by atoms with Gasteiger partial charge in [0.2, 0.25) is 5.91 Å². The number of benzene rings is 1. The van der Waals surface area contributed by atoms with Crippen molar-refractivity contribution in [2.45, 2.75) is 58.3 Å². The lowest BCUT2D eigenvalue weighted by molar-refractivity contribution is -0.137. The number of carboxylic acid groups (broad SMARTS) is 1. The average Bonchev–Trinajstić information content (AvgIpc) is 2.46. The summed E-state index contributed by atoms with van der Waals surface area (Å²) < 4.78 is 0. The Balaban J connectivity index is 2.32. The van der Waals surface area contributed by atoms with Gasteiger partial charge in [-0.2, -0.15) is 0 Å². The Labute approximate surface area is 132 Å². The third kappa shape index (κ3) is 6.74. The van der Waals surface area contributed by atoms with Gasteiger partial charge in [0.25, 0.3) is 0 Å². The van der Waals surface area contributed by atoms with Crippen molar-refractivity contribution in [1.82, 2.24) is 5.32 Å². The first-order valence-corrected chi connectivity index (χ1v) is 7.98. The van der Waals surface area contributed by atoms with Crippen molar-refractivity contribution < 1.29 is 14.7 Å². The SMILES string of the molecule is CC(C)c1ccc(C(C)CC(=O)NCCCCC(=O)O)cc1. The van der Waals surface area contributed by atoms with Crippen LogP contribution >= 0.6 is 0 Å². The van der Waals surface area contributed by atoms with Crippen LogP contribution in [0.4, 0.5) is 0 Å². The van der Waals surface area contributed by atoms with E-state index in [1.165, 1.54) is 11.1 Å². The summed E-state index contributed by atoms with van der Waals surface area (Å²) in [6, 6.07) is 8.45. The quantitative estimate of drug-likeness (QED) is 0.684. The van der Waals surface area contributed by atoms with Crippen LogP contribution in [0.25, 0.3) is 0 Å². The lowest BCUT2D eigenvalue weighted by Gasteiger charge is -2.13. The number of hydrogen-bond acceptors (Lipinski definition) is 2. The van der Waals surface area contributed by atoms with Crippen LogP contribution in [0.15, 0.2) is 24.3 Å². The van der Waals surface area contributed by atoms with Crippen LogP contribution in [0.2, 0.25) is 0 Å². The Kier molecular flexibility index (Phi) is 7.64. The Morgan fingerprint density at radius 1 is 1.05 bits per heavy atom. The van der Waals surface area contributed by atoms with Crippen molar-refractivity contribution in [3.05, 3.63) is 35.4 Å². The second-order valence-electron chi connectivity index (χ2n) is 6.13. The van der Waals surface area contributed by atoms with Crippen LogP contribution in [0, 0.1) is 0 Å². The Morgan fingerprint density at radius 3 is 2.18 bits per heavy atom. The van der Waals surface area contributed by atoms with E-state index in [4.69, 9.17) is 5.11 Å². The Hall–Kier alpha value is -1.84. The van der Waals surface area contributed by atoms with Gasteiger partial charge in [0.1, 0.15) is 0 Å². The molecule has 22 heavy (non-hydrogen) atoms. The van der Waals surface area contributed by atoms with Crippen molar-refractivity contribution in [1.29, 1.82) is 0 Å². The van der Waals surface area contributed by atoms with Gasteiger partial charge in [-0.25, -0.2) is 0 Å². The summed E-state index contributed by atoms with van der Waals surface area (Å²) in [5, 5.41) is 11.4. The summed E-state index contributed by atoms with van der Waals surface area (Å²) in [6.07, 6.45) is 1.92. The average molecular weight is 305 g/mol. The molecule has 1 atom stereocenters. The fourth-order valence-corrected chi connectivity index (χ4v) is 2.31.